The second kappa shape index (κ2) is 6.36. The fourth-order valence-corrected chi connectivity index (χ4v) is 1.86. The van der Waals surface area contributed by atoms with Crippen LogP contribution in [0.2, 0.25) is 0 Å². The van der Waals surface area contributed by atoms with Crippen molar-refractivity contribution in [3.8, 4) is 0 Å². The highest BCUT2D eigenvalue weighted by molar-refractivity contribution is 9.10. The molecule has 0 amide bonds. The van der Waals surface area contributed by atoms with Crippen molar-refractivity contribution >= 4 is 21.9 Å². The van der Waals surface area contributed by atoms with E-state index in [0.29, 0.717) is 10.0 Å². The molecule has 3 N–H and O–H groups in total. The molecule has 106 valence electrons. The summed E-state index contributed by atoms with van der Waals surface area (Å²) in [6.45, 7) is -1.21. The fourth-order valence-electron chi connectivity index (χ4n) is 1.34. The largest absolute Gasteiger partial charge is 0.478 e. The zero-order valence-corrected chi connectivity index (χ0v) is 11.1. The first-order chi connectivity index (χ1) is 8.75. The minimum Gasteiger partial charge on any atom is -0.478 e. The number of aliphatic hydroxyl groups is 1. The molecule has 8 heteroatoms. The third kappa shape index (κ3) is 4.48. The van der Waals surface area contributed by atoms with Crippen LogP contribution in [-0.4, -0.2) is 35.0 Å². The second-order valence-electron chi connectivity index (χ2n) is 3.77. The average molecular weight is 342 g/mol. The van der Waals surface area contributed by atoms with Crippen molar-refractivity contribution in [3.05, 3.63) is 33.8 Å². The van der Waals surface area contributed by atoms with Gasteiger partial charge >= 0.3 is 12.1 Å². The number of alkyl halides is 3. The van der Waals surface area contributed by atoms with E-state index in [1.165, 1.54) is 18.2 Å². The topological polar surface area (TPSA) is 69.6 Å². The Kier molecular flexibility index (Phi) is 5.33. The lowest BCUT2D eigenvalue weighted by atomic mass is 10.1. The molecule has 1 aromatic rings. The minimum absolute atomic E-state index is 0.0326. The molecule has 0 aliphatic carbocycles. The number of hydrogen-bond acceptors (Lipinski definition) is 3. The Balaban J connectivity index is 2.76. The molecule has 1 aromatic carbocycles. The monoisotopic (exact) mass is 341 g/mol. The van der Waals surface area contributed by atoms with E-state index in [-0.39, 0.29) is 12.1 Å². The van der Waals surface area contributed by atoms with Crippen LogP contribution in [0.4, 0.5) is 13.2 Å². The lowest BCUT2D eigenvalue weighted by molar-refractivity contribution is -0.164. The number of halogens is 4. The van der Waals surface area contributed by atoms with Crippen molar-refractivity contribution in [2.45, 2.75) is 18.8 Å². The van der Waals surface area contributed by atoms with E-state index in [9.17, 15) is 18.0 Å². The molecule has 0 bridgehead atoms. The van der Waals surface area contributed by atoms with Gasteiger partial charge in [0, 0.05) is 11.0 Å². The van der Waals surface area contributed by atoms with Gasteiger partial charge in [0.1, 0.15) is 6.04 Å². The minimum atomic E-state index is -4.54. The number of nitrogens with one attached hydrogen (secondary N) is 1. The predicted octanol–water partition coefficient (Wildman–Crippen LogP) is 2.16. The lowest BCUT2D eigenvalue weighted by Gasteiger charge is -2.19. The molecule has 0 saturated carbocycles. The molecule has 19 heavy (non-hydrogen) atoms. The number of carboxylic acid groups (broad SMARTS) is 1. The third-order valence-corrected chi connectivity index (χ3v) is 3.15. The van der Waals surface area contributed by atoms with Gasteiger partial charge in [-0.15, -0.1) is 0 Å². The Morgan fingerprint density at radius 2 is 2.05 bits per heavy atom. The van der Waals surface area contributed by atoms with Gasteiger partial charge in [-0.3, -0.25) is 0 Å². The molecular formula is C11H11BrF3NO3. The molecule has 4 nitrogen and oxygen atoms in total. The van der Waals surface area contributed by atoms with Crippen molar-refractivity contribution in [1.29, 1.82) is 0 Å². The van der Waals surface area contributed by atoms with Crippen LogP contribution >= 0.6 is 15.9 Å². The molecule has 0 unspecified atom stereocenters. The van der Waals surface area contributed by atoms with E-state index in [2.05, 4.69) is 21.2 Å². The summed E-state index contributed by atoms with van der Waals surface area (Å²) in [5.74, 6) is -1.12. The highest BCUT2D eigenvalue weighted by atomic mass is 79.9. The Bertz CT molecular complexity index is 465. The van der Waals surface area contributed by atoms with Crippen LogP contribution in [0.15, 0.2) is 22.7 Å². The van der Waals surface area contributed by atoms with Crippen LogP contribution in [-0.2, 0) is 6.54 Å². The molecule has 0 saturated heterocycles. The Morgan fingerprint density at radius 1 is 1.42 bits per heavy atom. The zero-order chi connectivity index (χ0) is 14.6. The molecule has 0 aromatic heterocycles. The molecular weight excluding hydrogens is 331 g/mol. The quantitative estimate of drug-likeness (QED) is 0.767. The summed E-state index contributed by atoms with van der Waals surface area (Å²) < 4.78 is 37.5. The number of carbonyl (C=O) groups is 1. The van der Waals surface area contributed by atoms with E-state index in [4.69, 9.17) is 10.2 Å². The normalized spacial score (nSPS) is 13.3. The van der Waals surface area contributed by atoms with Gasteiger partial charge < -0.3 is 15.5 Å². The first-order valence-electron chi connectivity index (χ1n) is 5.18. The van der Waals surface area contributed by atoms with Gasteiger partial charge in [-0.05, 0) is 17.7 Å². The summed E-state index contributed by atoms with van der Waals surface area (Å²) in [5, 5.41) is 19.6. The number of carboxylic acids is 1. The van der Waals surface area contributed by atoms with E-state index in [1.807, 2.05) is 0 Å². The summed E-state index contributed by atoms with van der Waals surface area (Å²) in [4.78, 5) is 10.7. The number of benzene rings is 1. The lowest BCUT2D eigenvalue weighted by Crippen LogP contribution is -2.44. The maximum atomic E-state index is 12.4. The van der Waals surface area contributed by atoms with Crippen LogP contribution in [0, 0.1) is 0 Å². The van der Waals surface area contributed by atoms with E-state index in [1.54, 1.807) is 0 Å². The summed E-state index contributed by atoms with van der Waals surface area (Å²) in [5.41, 5.74) is 0.498. The van der Waals surface area contributed by atoms with Gasteiger partial charge in [-0.25, -0.2) is 4.79 Å². The Labute approximate surface area is 115 Å². The van der Waals surface area contributed by atoms with Crippen LogP contribution in [0.1, 0.15) is 15.9 Å². The third-order valence-electron chi connectivity index (χ3n) is 2.42. The molecule has 0 radical (unpaired) electrons. The van der Waals surface area contributed by atoms with Crippen LogP contribution < -0.4 is 5.32 Å². The van der Waals surface area contributed by atoms with Gasteiger partial charge in [0.05, 0.1) is 12.2 Å². The van der Waals surface area contributed by atoms with Gasteiger partial charge in [0.15, 0.2) is 0 Å². The van der Waals surface area contributed by atoms with E-state index >= 15 is 0 Å². The number of aromatic carboxylic acids is 1. The molecule has 0 aliphatic rings. The molecule has 1 rings (SSSR count). The maximum absolute atomic E-state index is 12.4. The molecule has 0 fully saturated rings. The van der Waals surface area contributed by atoms with E-state index in [0.717, 1.165) is 0 Å². The SMILES string of the molecule is O=C(O)c1ccc(CN[C@H](CO)C(F)(F)F)c(Br)c1. The van der Waals surface area contributed by atoms with Crippen molar-refractivity contribution in [3.63, 3.8) is 0 Å². The van der Waals surface area contributed by atoms with E-state index < -0.39 is 24.8 Å². The smallest absolute Gasteiger partial charge is 0.406 e. The number of rotatable bonds is 5. The summed E-state index contributed by atoms with van der Waals surface area (Å²) in [6, 6.07) is 2.00. The first-order valence-corrected chi connectivity index (χ1v) is 5.97. The summed E-state index contributed by atoms with van der Waals surface area (Å²) in [7, 11) is 0. The van der Waals surface area contributed by atoms with Gasteiger partial charge in [-0.1, -0.05) is 22.0 Å². The molecule has 0 spiro atoms. The number of aliphatic hydroxyl groups excluding tert-OH is 1. The average Bonchev–Trinajstić information content (AvgIpc) is 2.29. The van der Waals surface area contributed by atoms with Crippen molar-refractivity contribution in [2.24, 2.45) is 0 Å². The molecule has 0 aliphatic heterocycles. The highest BCUT2D eigenvalue weighted by Crippen LogP contribution is 2.22. The standard InChI is InChI=1S/C11H11BrF3NO3/c12-8-3-6(10(18)19)1-2-7(8)4-16-9(5-17)11(13,14)15/h1-3,9,16-17H,4-5H2,(H,18,19)/t9-/m1/s1. The predicted molar refractivity (Wildman–Crippen MR) is 64.9 cm³/mol. The Morgan fingerprint density at radius 3 is 2.47 bits per heavy atom. The second-order valence-corrected chi connectivity index (χ2v) is 4.62. The van der Waals surface area contributed by atoms with Crippen LogP contribution in [0.25, 0.3) is 0 Å². The van der Waals surface area contributed by atoms with Gasteiger partial charge in [-0.2, -0.15) is 13.2 Å². The van der Waals surface area contributed by atoms with Crippen molar-refractivity contribution in [2.75, 3.05) is 6.61 Å². The summed E-state index contributed by atoms with van der Waals surface area (Å²) >= 11 is 3.09. The Hall–Kier alpha value is -1.12. The first kappa shape index (κ1) is 15.9. The summed E-state index contributed by atoms with van der Waals surface area (Å²) in [6.07, 6.45) is -4.54. The van der Waals surface area contributed by atoms with Gasteiger partial charge in [0.2, 0.25) is 0 Å². The van der Waals surface area contributed by atoms with Gasteiger partial charge in [0.25, 0.3) is 0 Å². The maximum Gasteiger partial charge on any atom is 0.406 e. The molecule has 0 heterocycles. The number of hydrogen-bond donors (Lipinski definition) is 3. The van der Waals surface area contributed by atoms with Crippen LogP contribution in [0.5, 0.6) is 0 Å². The van der Waals surface area contributed by atoms with Crippen molar-refractivity contribution < 1.29 is 28.2 Å². The van der Waals surface area contributed by atoms with Crippen LogP contribution in [0.3, 0.4) is 0 Å². The van der Waals surface area contributed by atoms with Crippen molar-refractivity contribution in [1.82, 2.24) is 5.32 Å². The zero-order valence-electron chi connectivity index (χ0n) is 9.54. The highest BCUT2D eigenvalue weighted by Gasteiger charge is 2.38. The molecule has 1 atom stereocenters. The fraction of sp³-hybridized carbons (Fsp3) is 0.364.